The number of carbonyl (C=O) groups excluding carboxylic acids is 1. The van der Waals surface area contributed by atoms with E-state index in [1.807, 2.05) is 44.9 Å². The zero-order valence-corrected chi connectivity index (χ0v) is 24.3. The molecule has 0 unspecified atom stereocenters. The maximum atomic E-state index is 12.7. The monoisotopic (exact) mass is 540 g/mol. The van der Waals surface area contributed by atoms with Gasteiger partial charge in [-0.05, 0) is 86.3 Å². The Morgan fingerprint density at radius 1 is 1.18 bits per heavy atom. The van der Waals surface area contributed by atoms with Gasteiger partial charge in [0.05, 0.1) is 23.2 Å². The number of hydrogen-bond acceptors (Lipinski definition) is 8. The first kappa shape index (κ1) is 26.8. The van der Waals surface area contributed by atoms with E-state index in [1.165, 1.54) is 6.42 Å². The SMILES string of the molecule is Cc1nc(N)c2ccn([C@@H]3O[C@H](CN4CCCC45CCN(C(=O)OC(C)(C)C)CC5)[C@H]4OC(C)(C)C[C@H]43)c2n1. The van der Waals surface area contributed by atoms with Crippen LogP contribution in [-0.2, 0) is 14.2 Å². The van der Waals surface area contributed by atoms with Gasteiger partial charge in [0.1, 0.15) is 29.1 Å². The smallest absolute Gasteiger partial charge is 0.410 e. The van der Waals surface area contributed by atoms with Crippen LogP contribution in [0, 0.1) is 12.8 Å². The number of fused-ring (bicyclic) bond motifs is 2. The van der Waals surface area contributed by atoms with Crippen molar-refractivity contribution in [2.45, 2.75) is 109 Å². The molecule has 6 rings (SSSR count). The molecule has 2 aromatic heterocycles. The molecule has 10 nitrogen and oxygen atoms in total. The normalized spacial score (nSPS) is 30.4. The summed E-state index contributed by atoms with van der Waals surface area (Å²) in [5.74, 6) is 1.39. The molecule has 0 saturated carbocycles. The van der Waals surface area contributed by atoms with Crippen molar-refractivity contribution in [2.75, 3.05) is 31.9 Å². The molecule has 1 spiro atoms. The van der Waals surface area contributed by atoms with Gasteiger partial charge >= 0.3 is 6.09 Å². The predicted octanol–water partition coefficient (Wildman–Crippen LogP) is 4.27. The Morgan fingerprint density at radius 3 is 2.64 bits per heavy atom. The van der Waals surface area contributed by atoms with Crippen molar-refractivity contribution in [1.82, 2.24) is 24.3 Å². The van der Waals surface area contributed by atoms with Gasteiger partial charge in [-0.1, -0.05) is 0 Å². The van der Waals surface area contributed by atoms with Crippen molar-refractivity contribution in [3.8, 4) is 0 Å². The standard InChI is InChI=1S/C29H44N6O4/c1-18-31-23(30)19-8-13-35(24(19)32-18)25-20-16-28(5,6)38-22(20)21(37-25)17-34-12-7-9-29(34)10-14-33(15-11-29)26(36)39-27(2,3)4/h8,13,20-22,25H,7,9-12,14-17H2,1-6H3,(H2,30,31,32)/t20-,21-,22+,25-/m1/s1. The molecule has 214 valence electrons. The van der Waals surface area contributed by atoms with Gasteiger partial charge in [0.15, 0.2) is 0 Å². The molecular formula is C29H44N6O4. The highest BCUT2D eigenvalue weighted by molar-refractivity contribution is 5.86. The minimum absolute atomic E-state index is 0.0160. The van der Waals surface area contributed by atoms with Gasteiger partial charge in [-0.3, -0.25) is 4.90 Å². The molecule has 39 heavy (non-hydrogen) atoms. The Bertz CT molecular complexity index is 1240. The highest BCUT2D eigenvalue weighted by atomic mass is 16.6. The number of hydrogen-bond donors (Lipinski definition) is 1. The van der Waals surface area contributed by atoms with Gasteiger partial charge in [0, 0.05) is 37.3 Å². The average molecular weight is 541 g/mol. The Kier molecular flexibility index (Phi) is 6.39. The zero-order chi connectivity index (χ0) is 27.7. The number of anilines is 1. The molecule has 4 aliphatic rings. The van der Waals surface area contributed by atoms with E-state index >= 15 is 0 Å². The molecule has 10 heteroatoms. The molecule has 0 bridgehead atoms. The number of nitrogens with two attached hydrogens (primary N) is 1. The van der Waals surface area contributed by atoms with Crippen LogP contribution in [0.2, 0.25) is 0 Å². The first-order valence-corrected chi connectivity index (χ1v) is 14.5. The van der Waals surface area contributed by atoms with E-state index in [-0.39, 0.29) is 41.6 Å². The van der Waals surface area contributed by atoms with Gasteiger partial charge < -0.3 is 29.4 Å². The van der Waals surface area contributed by atoms with Crippen molar-refractivity contribution >= 4 is 22.9 Å². The number of ether oxygens (including phenoxy) is 3. The molecule has 6 heterocycles. The first-order chi connectivity index (χ1) is 18.3. The lowest BCUT2D eigenvalue weighted by Gasteiger charge is -2.46. The molecule has 4 saturated heterocycles. The lowest BCUT2D eigenvalue weighted by Crippen LogP contribution is -2.56. The summed E-state index contributed by atoms with van der Waals surface area (Å²) in [4.78, 5) is 26.3. The summed E-state index contributed by atoms with van der Waals surface area (Å²) in [5, 5.41) is 0.859. The van der Waals surface area contributed by atoms with Crippen LogP contribution in [0.4, 0.5) is 10.6 Å². The molecule has 0 radical (unpaired) electrons. The Morgan fingerprint density at radius 2 is 1.92 bits per heavy atom. The minimum atomic E-state index is -0.477. The summed E-state index contributed by atoms with van der Waals surface area (Å²) < 4.78 is 21.3. The molecular weight excluding hydrogens is 496 g/mol. The average Bonchev–Trinajstić information content (AvgIpc) is 3.57. The van der Waals surface area contributed by atoms with E-state index in [0.29, 0.717) is 11.6 Å². The molecule has 0 aromatic carbocycles. The fourth-order valence-electron chi connectivity index (χ4n) is 7.45. The fourth-order valence-corrected chi connectivity index (χ4v) is 7.45. The lowest BCUT2D eigenvalue weighted by molar-refractivity contribution is -0.102. The summed E-state index contributed by atoms with van der Waals surface area (Å²) in [6, 6.07) is 1.99. The van der Waals surface area contributed by atoms with Crippen LogP contribution in [0.5, 0.6) is 0 Å². The van der Waals surface area contributed by atoms with Crippen LogP contribution < -0.4 is 5.73 Å². The number of amides is 1. The molecule has 4 fully saturated rings. The molecule has 1 amide bonds. The zero-order valence-electron chi connectivity index (χ0n) is 24.3. The van der Waals surface area contributed by atoms with Crippen LogP contribution in [0.3, 0.4) is 0 Å². The van der Waals surface area contributed by atoms with Gasteiger partial charge in [-0.2, -0.15) is 0 Å². The molecule has 4 aliphatic heterocycles. The van der Waals surface area contributed by atoms with Crippen molar-refractivity contribution in [1.29, 1.82) is 0 Å². The number of aryl methyl sites for hydroxylation is 1. The van der Waals surface area contributed by atoms with Crippen LogP contribution in [0.15, 0.2) is 12.3 Å². The molecule has 2 aromatic rings. The predicted molar refractivity (Wildman–Crippen MR) is 148 cm³/mol. The number of rotatable bonds is 3. The van der Waals surface area contributed by atoms with E-state index in [4.69, 9.17) is 24.9 Å². The minimum Gasteiger partial charge on any atom is -0.444 e. The topological polar surface area (TPSA) is 108 Å². The first-order valence-electron chi connectivity index (χ1n) is 14.5. The number of nitrogen functional groups attached to an aromatic ring is 1. The number of nitrogens with zero attached hydrogens (tertiary/aromatic N) is 5. The van der Waals surface area contributed by atoms with Gasteiger partial charge in [0.25, 0.3) is 0 Å². The Labute approximate surface area is 231 Å². The summed E-state index contributed by atoms with van der Waals surface area (Å²) >= 11 is 0. The summed E-state index contributed by atoms with van der Waals surface area (Å²) in [5.41, 5.74) is 6.46. The van der Waals surface area contributed by atoms with Gasteiger partial charge in [-0.25, -0.2) is 14.8 Å². The van der Waals surface area contributed by atoms with E-state index in [0.717, 1.165) is 62.9 Å². The van der Waals surface area contributed by atoms with Crippen molar-refractivity contribution in [2.24, 2.45) is 5.92 Å². The van der Waals surface area contributed by atoms with Crippen LogP contribution in [-0.4, -0.2) is 85.6 Å². The quantitative estimate of drug-likeness (QED) is 0.615. The third-order valence-electron chi connectivity index (χ3n) is 9.13. The van der Waals surface area contributed by atoms with Crippen LogP contribution in [0.1, 0.15) is 78.8 Å². The third-order valence-corrected chi connectivity index (χ3v) is 9.13. The second-order valence-corrected chi connectivity index (χ2v) is 13.6. The number of carbonyl (C=O) groups is 1. The number of likely N-dealkylation sites (tertiary alicyclic amines) is 2. The number of aromatic nitrogens is 3. The van der Waals surface area contributed by atoms with Crippen molar-refractivity contribution < 1.29 is 19.0 Å². The third kappa shape index (κ3) is 4.89. The van der Waals surface area contributed by atoms with Crippen molar-refractivity contribution in [3.05, 3.63) is 18.1 Å². The molecule has 0 aliphatic carbocycles. The van der Waals surface area contributed by atoms with Crippen LogP contribution in [0.25, 0.3) is 11.0 Å². The Balaban J connectivity index is 1.20. The van der Waals surface area contributed by atoms with E-state index in [1.54, 1.807) is 0 Å². The summed E-state index contributed by atoms with van der Waals surface area (Å²) in [6.45, 7) is 15.3. The van der Waals surface area contributed by atoms with E-state index < -0.39 is 5.60 Å². The van der Waals surface area contributed by atoms with Gasteiger partial charge in [-0.15, -0.1) is 0 Å². The van der Waals surface area contributed by atoms with Gasteiger partial charge in [0.2, 0.25) is 0 Å². The fraction of sp³-hybridized carbons (Fsp3) is 0.759. The maximum Gasteiger partial charge on any atom is 0.410 e. The summed E-state index contributed by atoms with van der Waals surface area (Å²) in [7, 11) is 0. The van der Waals surface area contributed by atoms with E-state index in [2.05, 4.69) is 28.3 Å². The molecule has 2 N–H and O–H groups in total. The highest BCUT2D eigenvalue weighted by Crippen LogP contribution is 2.50. The second-order valence-electron chi connectivity index (χ2n) is 13.6. The van der Waals surface area contributed by atoms with Crippen molar-refractivity contribution in [3.63, 3.8) is 0 Å². The maximum absolute atomic E-state index is 12.7. The number of piperidine rings is 1. The second kappa shape index (κ2) is 9.31. The highest BCUT2D eigenvalue weighted by Gasteiger charge is 2.56. The Hall–Kier alpha value is -2.43. The van der Waals surface area contributed by atoms with Crippen LogP contribution >= 0.6 is 0 Å². The lowest BCUT2D eigenvalue weighted by atomic mass is 9.84. The summed E-state index contributed by atoms with van der Waals surface area (Å²) in [6.07, 6.45) is 6.81. The van der Waals surface area contributed by atoms with E-state index in [9.17, 15) is 4.79 Å². The molecule has 4 atom stereocenters. The largest absolute Gasteiger partial charge is 0.444 e.